The second kappa shape index (κ2) is 7.13. The number of hydrogen-bond acceptors (Lipinski definition) is 2. The minimum absolute atomic E-state index is 0.451. The molecule has 1 unspecified atom stereocenters. The van der Waals surface area contributed by atoms with Gasteiger partial charge in [-0.15, -0.1) is 0 Å². The standard InChI is InChI=1S/C15H22O2/c1-12(2)6-4-7-13(3)10-14(16)11-15-8-5-9-17-15/h5-6,8-10,14,16H,4,7,11H2,1-3H3. The van der Waals surface area contributed by atoms with Crippen LogP contribution in [0, 0.1) is 0 Å². The van der Waals surface area contributed by atoms with E-state index in [0.29, 0.717) is 6.42 Å². The lowest BCUT2D eigenvalue weighted by molar-refractivity contribution is 0.213. The van der Waals surface area contributed by atoms with E-state index in [2.05, 4.69) is 26.8 Å². The van der Waals surface area contributed by atoms with E-state index in [4.69, 9.17) is 4.42 Å². The summed E-state index contributed by atoms with van der Waals surface area (Å²) in [6.45, 7) is 6.26. The van der Waals surface area contributed by atoms with Gasteiger partial charge in [0, 0.05) is 6.42 Å². The molecule has 0 saturated heterocycles. The van der Waals surface area contributed by atoms with Gasteiger partial charge < -0.3 is 9.52 Å². The highest BCUT2D eigenvalue weighted by Crippen LogP contribution is 2.11. The van der Waals surface area contributed by atoms with Crippen molar-refractivity contribution in [1.29, 1.82) is 0 Å². The van der Waals surface area contributed by atoms with Crippen LogP contribution in [-0.2, 0) is 6.42 Å². The van der Waals surface area contributed by atoms with Crippen molar-refractivity contribution in [2.24, 2.45) is 0 Å². The van der Waals surface area contributed by atoms with Gasteiger partial charge in [-0.3, -0.25) is 0 Å². The molecule has 94 valence electrons. The lowest BCUT2D eigenvalue weighted by Gasteiger charge is -2.05. The van der Waals surface area contributed by atoms with Crippen LogP contribution >= 0.6 is 0 Å². The van der Waals surface area contributed by atoms with Crippen molar-refractivity contribution < 1.29 is 9.52 Å². The van der Waals surface area contributed by atoms with Gasteiger partial charge in [0.1, 0.15) is 5.76 Å². The average molecular weight is 234 g/mol. The first-order valence-electron chi connectivity index (χ1n) is 6.09. The Labute approximate surface area is 104 Å². The van der Waals surface area contributed by atoms with E-state index < -0.39 is 6.10 Å². The molecule has 0 aliphatic rings. The Morgan fingerprint density at radius 2 is 2.18 bits per heavy atom. The van der Waals surface area contributed by atoms with Crippen LogP contribution in [0.25, 0.3) is 0 Å². The molecule has 0 aliphatic carbocycles. The van der Waals surface area contributed by atoms with Crippen molar-refractivity contribution in [3.05, 3.63) is 47.5 Å². The summed E-state index contributed by atoms with van der Waals surface area (Å²) in [4.78, 5) is 0. The summed E-state index contributed by atoms with van der Waals surface area (Å²) in [5.74, 6) is 0.825. The first-order chi connectivity index (χ1) is 8.08. The highest BCUT2D eigenvalue weighted by molar-refractivity contribution is 5.08. The predicted octanol–water partition coefficient (Wildman–Crippen LogP) is 3.88. The Kier molecular flexibility index (Phi) is 5.78. The van der Waals surface area contributed by atoms with Crippen LogP contribution in [0.15, 0.2) is 46.1 Å². The third kappa shape index (κ3) is 6.12. The fourth-order valence-corrected chi connectivity index (χ4v) is 1.69. The van der Waals surface area contributed by atoms with E-state index in [0.717, 1.165) is 18.6 Å². The molecule has 0 bridgehead atoms. The van der Waals surface area contributed by atoms with E-state index in [1.54, 1.807) is 6.26 Å². The van der Waals surface area contributed by atoms with Gasteiger partial charge in [0.05, 0.1) is 12.4 Å². The molecular formula is C15H22O2. The van der Waals surface area contributed by atoms with E-state index in [-0.39, 0.29) is 0 Å². The fourth-order valence-electron chi connectivity index (χ4n) is 1.69. The summed E-state index contributed by atoms with van der Waals surface area (Å²) in [7, 11) is 0. The van der Waals surface area contributed by atoms with Crippen LogP contribution in [-0.4, -0.2) is 11.2 Å². The molecule has 1 atom stereocenters. The zero-order valence-electron chi connectivity index (χ0n) is 10.9. The van der Waals surface area contributed by atoms with Gasteiger partial charge >= 0.3 is 0 Å². The quantitative estimate of drug-likeness (QED) is 0.758. The van der Waals surface area contributed by atoms with Gasteiger partial charge in [0.2, 0.25) is 0 Å². The number of aliphatic hydroxyl groups excluding tert-OH is 1. The van der Waals surface area contributed by atoms with Crippen LogP contribution in [0.3, 0.4) is 0 Å². The van der Waals surface area contributed by atoms with Gasteiger partial charge in [0.15, 0.2) is 0 Å². The van der Waals surface area contributed by atoms with Crippen LogP contribution in [0.4, 0.5) is 0 Å². The van der Waals surface area contributed by atoms with E-state index in [9.17, 15) is 5.11 Å². The highest BCUT2D eigenvalue weighted by Gasteiger charge is 2.04. The number of furan rings is 1. The lowest BCUT2D eigenvalue weighted by atomic mass is 10.1. The number of hydrogen-bond donors (Lipinski definition) is 1. The first kappa shape index (κ1) is 13.8. The maximum atomic E-state index is 9.85. The summed E-state index contributed by atoms with van der Waals surface area (Å²) < 4.78 is 5.20. The monoisotopic (exact) mass is 234 g/mol. The summed E-state index contributed by atoms with van der Waals surface area (Å²) >= 11 is 0. The van der Waals surface area contributed by atoms with Crippen molar-refractivity contribution in [1.82, 2.24) is 0 Å². The minimum atomic E-state index is -0.451. The Bertz CT molecular complexity index is 368. The second-order valence-corrected chi connectivity index (χ2v) is 4.68. The van der Waals surface area contributed by atoms with Crippen LogP contribution in [0.1, 0.15) is 39.4 Å². The van der Waals surface area contributed by atoms with Crippen LogP contribution in [0.5, 0.6) is 0 Å². The third-order valence-corrected chi connectivity index (χ3v) is 2.56. The minimum Gasteiger partial charge on any atom is -0.469 e. The molecule has 2 nitrogen and oxygen atoms in total. The molecule has 1 aromatic rings. The first-order valence-corrected chi connectivity index (χ1v) is 6.09. The van der Waals surface area contributed by atoms with Crippen LogP contribution < -0.4 is 0 Å². The van der Waals surface area contributed by atoms with E-state index in [1.807, 2.05) is 18.2 Å². The van der Waals surface area contributed by atoms with Crippen molar-refractivity contribution >= 4 is 0 Å². The fraction of sp³-hybridized carbons (Fsp3) is 0.467. The van der Waals surface area contributed by atoms with Gasteiger partial charge in [-0.05, 0) is 45.7 Å². The maximum Gasteiger partial charge on any atom is 0.106 e. The molecule has 0 radical (unpaired) electrons. The predicted molar refractivity (Wildman–Crippen MR) is 70.8 cm³/mol. The van der Waals surface area contributed by atoms with Crippen molar-refractivity contribution in [2.75, 3.05) is 0 Å². The molecule has 1 heterocycles. The molecular weight excluding hydrogens is 212 g/mol. The Morgan fingerprint density at radius 1 is 1.41 bits per heavy atom. The van der Waals surface area contributed by atoms with E-state index >= 15 is 0 Å². The smallest absolute Gasteiger partial charge is 0.106 e. The van der Waals surface area contributed by atoms with Gasteiger partial charge in [-0.2, -0.15) is 0 Å². The molecule has 1 rings (SSSR count). The Balaban J connectivity index is 2.37. The molecule has 0 amide bonds. The van der Waals surface area contributed by atoms with E-state index in [1.165, 1.54) is 11.1 Å². The molecule has 0 aromatic carbocycles. The largest absolute Gasteiger partial charge is 0.469 e. The zero-order chi connectivity index (χ0) is 12.7. The molecule has 2 heteroatoms. The SMILES string of the molecule is CC(C)=CCCC(C)=CC(O)Cc1ccco1. The van der Waals surface area contributed by atoms with Gasteiger partial charge in [0.25, 0.3) is 0 Å². The molecule has 0 saturated carbocycles. The topological polar surface area (TPSA) is 33.4 Å². The second-order valence-electron chi connectivity index (χ2n) is 4.68. The van der Waals surface area contributed by atoms with Crippen molar-refractivity contribution in [3.63, 3.8) is 0 Å². The number of aliphatic hydroxyl groups is 1. The summed E-state index contributed by atoms with van der Waals surface area (Å²) in [5, 5.41) is 9.85. The summed E-state index contributed by atoms with van der Waals surface area (Å²) in [5.41, 5.74) is 2.57. The maximum absolute atomic E-state index is 9.85. The normalized spacial score (nSPS) is 13.5. The molecule has 0 aliphatic heterocycles. The van der Waals surface area contributed by atoms with Crippen molar-refractivity contribution in [3.8, 4) is 0 Å². The Hall–Kier alpha value is -1.28. The Morgan fingerprint density at radius 3 is 2.76 bits per heavy atom. The summed E-state index contributed by atoms with van der Waals surface area (Å²) in [6, 6.07) is 3.73. The van der Waals surface area contributed by atoms with Crippen molar-refractivity contribution in [2.45, 2.75) is 46.1 Å². The molecule has 1 N–H and O–H groups in total. The molecule has 0 spiro atoms. The lowest BCUT2D eigenvalue weighted by Crippen LogP contribution is -2.06. The number of allylic oxidation sites excluding steroid dienone is 3. The van der Waals surface area contributed by atoms with Crippen LogP contribution in [0.2, 0.25) is 0 Å². The zero-order valence-corrected chi connectivity index (χ0v) is 10.9. The summed E-state index contributed by atoms with van der Waals surface area (Å²) in [6.07, 6.45) is 7.91. The number of rotatable bonds is 6. The highest BCUT2D eigenvalue weighted by atomic mass is 16.3. The molecule has 1 aromatic heterocycles. The third-order valence-electron chi connectivity index (χ3n) is 2.56. The average Bonchev–Trinajstić information content (AvgIpc) is 2.69. The molecule has 17 heavy (non-hydrogen) atoms. The van der Waals surface area contributed by atoms with Gasteiger partial charge in [-0.25, -0.2) is 0 Å². The van der Waals surface area contributed by atoms with Gasteiger partial charge in [-0.1, -0.05) is 23.3 Å². The molecule has 0 fully saturated rings.